The lowest BCUT2D eigenvalue weighted by Gasteiger charge is -2.19. The summed E-state index contributed by atoms with van der Waals surface area (Å²) in [5.41, 5.74) is 12.3. The number of carbonyl (C=O) groups excluding carboxylic acids is 3. The van der Waals surface area contributed by atoms with E-state index in [0.29, 0.717) is 5.75 Å². The van der Waals surface area contributed by atoms with Gasteiger partial charge in [0.1, 0.15) is 49.1 Å². The molecule has 0 radical (unpaired) electrons. The van der Waals surface area contributed by atoms with Crippen molar-refractivity contribution in [2.45, 2.75) is 69.2 Å². The number of hydrogen-bond donors (Lipinski definition) is 3. The van der Waals surface area contributed by atoms with Gasteiger partial charge in [0.05, 0.1) is 6.04 Å². The Hall–Kier alpha value is -4.65. The van der Waals surface area contributed by atoms with Crippen LogP contribution in [0.3, 0.4) is 0 Å². The van der Waals surface area contributed by atoms with Crippen LogP contribution in [0.1, 0.15) is 44.2 Å². The molecule has 1 unspecified atom stereocenters. The number of ether oxygens (including phenoxy) is 4. The quantitative estimate of drug-likeness (QED) is 0.115. The molecule has 2 aliphatic heterocycles. The van der Waals surface area contributed by atoms with E-state index in [4.69, 9.17) is 30.2 Å². The molecule has 6 atom stereocenters. The number of aromatic nitrogens is 4. The molecule has 2 saturated heterocycles. The summed E-state index contributed by atoms with van der Waals surface area (Å²) in [4.78, 5) is 81.7. The fraction of sp³-hybridized carbons (Fsp3) is 0.560. The smallest absolute Gasteiger partial charge is 0.351 e. The van der Waals surface area contributed by atoms with Crippen molar-refractivity contribution < 1.29 is 33.3 Å². The number of hydrogen-bond acceptors (Lipinski definition) is 14. The van der Waals surface area contributed by atoms with Crippen LogP contribution >= 0.6 is 11.8 Å². The lowest BCUT2D eigenvalue weighted by atomic mass is 10.1. The van der Waals surface area contributed by atoms with E-state index in [1.807, 2.05) is 0 Å². The summed E-state index contributed by atoms with van der Waals surface area (Å²) in [6.07, 6.45) is 0.0215. The van der Waals surface area contributed by atoms with Gasteiger partial charge in [0.2, 0.25) is 5.91 Å². The zero-order valence-corrected chi connectivity index (χ0v) is 25.0. The Morgan fingerprint density at radius 3 is 2.73 bits per heavy atom. The maximum absolute atomic E-state index is 12.8. The number of nitrogen functional groups attached to an aromatic ring is 1. The van der Waals surface area contributed by atoms with E-state index >= 15 is 0 Å². The van der Waals surface area contributed by atoms with E-state index < -0.39 is 70.9 Å². The second-order valence-corrected chi connectivity index (χ2v) is 11.3. The third-order valence-electron chi connectivity index (χ3n) is 6.82. The fourth-order valence-corrected chi connectivity index (χ4v) is 5.59. The molecule has 4 heterocycles. The molecule has 2 aromatic rings. The zero-order chi connectivity index (χ0) is 32.7. The molecule has 4 N–H and O–H groups in total. The molecule has 19 nitrogen and oxygen atoms in total. The average Bonchev–Trinajstić information content (AvgIpc) is 3.62. The Kier molecular flexibility index (Phi) is 11.0. The van der Waals surface area contributed by atoms with Gasteiger partial charge in [0.15, 0.2) is 0 Å². The normalized spacial score (nSPS) is 23.1. The molecule has 2 aromatic heterocycles. The van der Waals surface area contributed by atoms with Crippen LogP contribution in [0.5, 0.6) is 0 Å². The summed E-state index contributed by atoms with van der Waals surface area (Å²) in [6, 6.07) is -0.487. The van der Waals surface area contributed by atoms with Gasteiger partial charge in [-0.2, -0.15) is 4.98 Å². The third kappa shape index (κ3) is 8.72. The highest BCUT2D eigenvalue weighted by molar-refractivity contribution is 8.00. The first-order chi connectivity index (χ1) is 21.4. The summed E-state index contributed by atoms with van der Waals surface area (Å²) in [5, 5.41) is 6.12. The topological polar surface area (TPSA) is 265 Å². The lowest BCUT2D eigenvalue weighted by molar-refractivity contribution is -0.152. The van der Waals surface area contributed by atoms with Crippen molar-refractivity contribution in [2.75, 3.05) is 24.7 Å². The van der Waals surface area contributed by atoms with Crippen molar-refractivity contribution in [1.29, 1.82) is 0 Å². The molecule has 0 spiro atoms. The molecular formula is C25H31N9O10S. The Bertz CT molecular complexity index is 1650. The molecule has 0 aromatic carbocycles. The molecule has 1 amide bonds. The van der Waals surface area contributed by atoms with Gasteiger partial charge in [0, 0.05) is 48.4 Å². The van der Waals surface area contributed by atoms with Crippen LogP contribution in [-0.4, -0.2) is 79.5 Å². The van der Waals surface area contributed by atoms with E-state index in [1.165, 1.54) is 48.6 Å². The Morgan fingerprint density at radius 2 is 2.02 bits per heavy atom. The van der Waals surface area contributed by atoms with Crippen LogP contribution in [0.2, 0.25) is 0 Å². The van der Waals surface area contributed by atoms with E-state index in [2.05, 4.69) is 25.3 Å². The van der Waals surface area contributed by atoms with Gasteiger partial charge in [-0.15, -0.1) is 11.8 Å². The minimum Gasteiger partial charge on any atom is -0.463 e. The number of esters is 2. The van der Waals surface area contributed by atoms with E-state index in [0.717, 1.165) is 4.57 Å². The van der Waals surface area contributed by atoms with Gasteiger partial charge >= 0.3 is 23.3 Å². The predicted octanol–water partition coefficient (Wildman–Crippen LogP) is -0.390. The number of aryl methyl sites for hydroxylation is 1. The number of anilines is 1. The van der Waals surface area contributed by atoms with Gasteiger partial charge in [0.25, 0.3) is 5.56 Å². The number of azide groups is 1. The first-order valence-corrected chi connectivity index (χ1v) is 14.7. The summed E-state index contributed by atoms with van der Waals surface area (Å²) in [7, 11) is 0. The summed E-state index contributed by atoms with van der Waals surface area (Å²) < 4.78 is 24.6. The standard InChI is InChI=1S/C25H31N9O10S/c1-12-8-34(25(40)30-22(12)37)18-7-15(31-32-27)16(43-18)9-41-20(36)4-3-14(28-13(2)35)23(38)42-10-21-44-19(11-45-21)33-6-5-17(26)29-24(33)39/h5-6,8,14-16,18-19,21H,3-4,7,9-11H2,1-2H3,(H,28,35)(H2,26,29,39)(H,30,37,40)/t14-,15?,16+,18+,19-,21+/m0/s1. The number of aromatic amines is 1. The van der Waals surface area contributed by atoms with E-state index in [9.17, 15) is 28.8 Å². The number of nitrogens with one attached hydrogen (secondary N) is 2. The highest BCUT2D eigenvalue weighted by Crippen LogP contribution is 2.32. The predicted molar refractivity (Wildman–Crippen MR) is 156 cm³/mol. The molecule has 4 rings (SSSR count). The SMILES string of the molecule is CC(=O)N[C@@H](CCC(=O)OC[C@H]1O[C@@H](n2cc(C)c(=O)[nH]c2=O)CC1N=[N+]=[N-])C(=O)OC[C@@H]1O[C@H](n2ccc(N)nc2=O)CS1. The van der Waals surface area contributed by atoms with Crippen LogP contribution in [0.25, 0.3) is 10.4 Å². The van der Waals surface area contributed by atoms with Gasteiger partial charge in [-0.25, -0.2) is 14.4 Å². The van der Waals surface area contributed by atoms with Crippen molar-refractivity contribution in [3.05, 3.63) is 65.8 Å². The summed E-state index contributed by atoms with van der Waals surface area (Å²) in [5.74, 6) is -1.59. The van der Waals surface area contributed by atoms with E-state index in [-0.39, 0.29) is 43.9 Å². The molecule has 2 aliphatic rings. The van der Waals surface area contributed by atoms with Crippen molar-refractivity contribution >= 4 is 35.4 Å². The Labute approximate surface area is 258 Å². The van der Waals surface area contributed by atoms with Crippen molar-refractivity contribution in [2.24, 2.45) is 5.11 Å². The van der Waals surface area contributed by atoms with Crippen LogP contribution in [0, 0.1) is 6.92 Å². The van der Waals surface area contributed by atoms with E-state index in [1.54, 1.807) is 0 Å². The number of carbonyl (C=O) groups is 3. The van der Waals surface area contributed by atoms with Crippen molar-refractivity contribution in [3.8, 4) is 0 Å². The van der Waals surface area contributed by atoms with Crippen molar-refractivity contribution in [1.82, 2.24) is 24.4 Å². The van der Waals surface area contributed by atoms with Crippen molar-refractivity contribution in [3.63, 3.8) is 0 Å². The van der Waals surface area contributed by atoms with Crippen LogP contribution in [-0.2, 0) is 33.3 Å². The Morgan fingerprint density at radius 1 is 1.24 bits per heavy atom. The van der Waals surface area contributed by atoms with Crippen LogP contribution < -0.4 is 28.0 Å². The molecule has 2 fully saturated rings. The Balaban J connectivity index is 1.27. The molecular weight excluding hydrogens is 618 g/mol. The van der Waals surface area contributed by atoms with Gasteiger partial charge in [-0.05, 0) is 24.9 Å². The average molecular weight is 650 g/mol. The molecule has 20 heteroatoms. The van der Waals surface area contributed by atoms with Gasteiger partial charge < -0.3 is 30.0 Å². The monoisotopic (exact) mass is 649 g/mol. The highest BCUT2D eigenvalue weighted by atomic mass is 32.2. The second-order valence-electron chi connectivity index (χ2n) is 10.1. The summed E-state index contributed by atoms with van der Waals surface area (Å²) >= 11 is 1.31. The first kappa shape index (κ1) is 33.2. The minimum absolute atomic E-state index is 0.0776. The zero-order valence-electron chi connectivity index (χ0n) is 24.2. The molecule has 45 heavy (non-hydrogen) atoms. The number of nitrogens with two attached hydrogens (primary N) is 1. The van der Waals surface area contributed by atoms with Gasteiger partial charge in [-0.1, -0.05) is 5.11 Å². The van der Waals surface area contributed by atoms with Crippen LogP contribution in [0.15, 0.2) is 38.0 Å². The lowest BCUT2D eigenvalue weighted by Crippen LogP contribution is -2.42. The third-order valence-corrected chi connectivity index (χ3v) is 7.92. The number of H-pyrrole nitrogens is 1. The number of thioether (sulfide) groups is 1. The largest absolute Gasteiger partial charge is 0.463 e. The number of nitrogens with zero attached hydrogens (tertiary/aromatic N) is 6. The summed E-state index contributed by atoms with van der Waals surface area (Å²) in [6.45, 7) is 2.21. The molecule has 0 saturated carbocycles. The number of amides is 1. The maximum atomic E-state index is 12.8. The van der Waals surface area contributed by atoms with Gasteiger partial charge in [-0.3, -0.25) is 28.5 Å². The first-order valence-electron chi connectivity index (χ1n) is 13.7. The number of rotatable bonds is 12. The highest BCUT2D eigenvalue weighted by Gasteiger charge is 2.37. The van der Waals surface area contributed by atoms with Crippen LogP contribution in [0.4, 0.5) is 5.82 Å². The maximum Gasteiger partial charge on any atom is 0.351 e. The molecule has 0 bridgehead atoms. The minimum atomic E-state index is -1.17. The molecule has 242 valence electrons. The second kappa shape index (κ2) is 14.9. The fourth-order valence-electron chi connectivity index (χ4n) is 4.60. The molecule has 0 aliphatic carbocycles.